The van der Waals surface area contributed by atoms with Gasteiger partial charge in [0, 0.05) is 19.7 Å². The Hall–Kier alpha value is -1.76. The smallest absolute Gasteiger partial charge is 0.257 e. The Morgan fingerprint density at radius 1 is 1.26 bits per heavy atom. The predicted octanol–water partition coefficient (Wildman–Crippen LogP) is 2.75. The summed E-state index contributed by atoms with van der Waals surface area (Å²) < 4.78 is 51.4. The van der Waals surface area contributed by atoms with Gasteiger partial charge in [0.15, 0.2) is 17.4 Å². The molecule has 1 aromatic carbocycles. The average Bonchev–Trinajstić information content (AvgIpc) is 3.25. The van der Waals surface area contributed by atoms with E-state index < -0.39 is 34.7 Å². The SMILES string of the molecule is COc1c(F)c(F)cc(C(=O)N2CCC(OCC3CC3)C2)c1F. The third kappa shape index (κ3) is 3.29. The summed E-state index contributed by atoms with van der Waals surface area (Å²) in [6.45, 7) is 1.40. The van der Waals surface area contributed by atoms with E-state index in [0.717, 1.165) is 7.11 Å². The van der Waals surface area contributed by atoms with Crippen molar-refractivity contribution in [1.29, 1.82) is 0 Å². The van der Waals surface area contributed by atoms with E-state index in [1.165, 1.54) is 17.7 Å². The van der Waals surface area contributed by atoms with Gasteiger partial charge in [-0.15, -0.1) is 0 Å². The van der Waals surface area contributed by atoms with Gasteiger partial charge in [-0.25, -0.2) is 8.78 Å². The van der Waals surface area contributed by atoms with Crippen LogP contribution in [0, 0.1) is 23.4 Å². The van der Waals surface area contributed by atoms with E-state index in [1.807, 2.05) is 0 Å². The summed E-state index contributed by atoms with van der Waals surface area (Å²) in [5.74, 6) is -4.88. The molecule has 2 fully saturated rings. The van der Waals surface area contributed by atoms with E-state index in [1.54, 1.807) is 0 Å². The number of hydrogen-bond donors (Lipinski definition) is 0. The highest BCUT2D eigenvalue weighted by Gasteiger charge is 2.32. The number of benzene rings is 1. The molecule has 1 unspecified atom stereocenters. The van der Waals surface area contributed by atoms with Crippen LogP contribution in [0.3, 0.4) is 0 Å². The number of rotatable bonds is 5. The first-order chi connectivity index (χ1) is 11.0. The maximum Gasteiger partial charge on any atom is 0.257 e. The van der Waals surface area contributed by atoms with Crippen LogP contribution in [0.1, 0.15) is 29.6 Å². The number of hydrogen-bond acceptors (Lipinski definition) is 3. The van der Waals surface area contributed by atoms with Crippen molar-refractivity contribution in [3.05, 3.63) is 29.1 Å². The van der Waals surface area contributed by atoms with Crippen LogP contribution < -0.4 is 4.74 Å². The number of likely N-dealkylation sites (tertiary alicyclic amines) is 1. The van der Waals surface area contributed by atoms with Crippen molar-refractivity contribution < 1.29 is 27.4 Å². The van der Waals surface area contributed by atoms with E-state index >= 15 is 0 Å². The van der Waals surface area contributed by atoms with E-state index in [0.29, 0.717) is 38.1 Å². The summed E-state index contributed by atoms with van der Waals surface area (Å²) in [7, 11) is 1.02. The Morgan fingerprint density at radius 2 is 2.00 bits per heavy atom. The van der Waals surface area contributed by atoms with Gasteiger partial charge in [0.1, 0.15) is 0 Å². The molecule has 4 nitrogen and oxygen atoms in total. The van der Waals surface area contributed by atoms with Gasteiger partial charge < -0.3 is 14.4 Å². The zero-order valence-corrected chi connectivity index (χ0v) is 12.8. The summed E-state index contributed by atoms with van der Waals surface area (Å²) in [5.41, 5.74) is -0.524. The highest BCUT2D eigenvalue weighted by molar-refractivity contribution is 5.95. The Labute approximate surface area is 132 Å². The maximum atomic E-state index is 14.2. The summed E-state index contributed by atoms with van der Waals surface area (Å²) >= 11 is 0. The molecule has 3 rings (SSSR count). The molecule has 0 aromatic heterocycles. The molecule has 0 radical (unpaired) electrons. The van der Waals surface area contributed by atoms with Gasteiger partial charge in [0.2, 0.25) is 5.82 Å². The number of amides is 1. The van der Waals surface area contributed by atoms with E-state index in [2.05, 4.69) is 4.74 Å². The maximum absolute atomic E-state index is 14.2. The lowest BCUT2D eigenvalue weighted by Gasteiger charge is -2.18. The summed E-state index contributed by atoms with van der Waals surface area (Å²) in [6, 6.07) is 0.577. The molecule has 126 valence electrons. The first-order valence-electron chi connectivity index (χ1n) is 7.63. The van der Waals surface area contributed by atoms with Crippen molar-refractivity contribution in [2.45, 2.75) is 25.4 Å². The van der Waals surface area contributed by atoms with Crippen LogP contribution in [0.2, 0.25) is 0 Å². The second kappa shape index (κ2) is 6.39. The van der Waals surface area contributed by atoms with E-state index in [9.17, 15) is 18.0 Å². The Bertz CT molecular complexity index is 619. The van der Waals surface area contributed by atoms with Crippen LogP contribution in [0.4, 0.5) is 13.2 Å². The molecular weight excluding hydrogens is 311 g/mol. The summed E-state index contributed by atoms with van der Waals surface area (Å²) in [5, 5.41) is 0. The van der Waals surface area contributed by atoms with E-state index in [4.69, 9.17) is 4.74 Å². The van der Waals surface area contributed by atoms with Crippen LogP contribution in [-0.2, 0) is 4.74 Å². The number of carbonyl (C=O) groups excluding carboxylic acids is 1. The van der Waals surface area contributed by atoms with Gasteiger partial charge in [0.25, 0.3) is 5.91 Å². The van der Waals surface area contributed by atoms with Crippen LogP contribution in [0.25, 0.3) is 0 Å². The largest absolute Gasteiger partial charge is 0.491 e. The van der Waals surface area contributed by atoms with Crippen molar-refractivity contribution in [1.82, 2.24) is 4.90 Å². The minimum atomic E-state index is -1.44. The van der Waals surface area contributed by atoms with Crippen molar-refractivity contribution in [2.75, 3.05) is 26.8 Å². The zero-order valence-electron chi connectivity index (χ0n) is 12.8. The van der Waals surface area contributed by atoms with E-state index in [-0.39, 0.29) is 6.10 Å². The zero-order chi connectivity index (χ0) is 16.6. The molecule has 0 bridgehead atoms. The predicted molar refractivity (Wildman–Crippen MR) is 75.9 cm³/mol. The third-order valence-electron chi connectivity index (χ3n) is 4.25. The molecule has 1 saturated heterocycles. The molecule has 1 aliphatic carbocycles. The topological polar surface area (TPSA) is 38.8 Å². The van der Waals surface area contributed by atoms with Crippen LogP contribution in [0.15, 0.2) is 6.07 Å². The van der Waals surface area contributed by atoms with Gasteiger partial charge in [-0.05, 0) is 31.2 Å². The number of ether oxygens (including phenoxy) is 2. The molecular formula is C16H18F3NO3. The lowest BCUT2D eigenvalue weighted by atomic mass is 10.1. The first kappa shape index (κ1) is 16.1. The molecule has 1 heterocycles. The van der Waals surface area contributed by atoms with Crippen molar-refractivity contribution >= 4 is 5.91 Å². The Morgan fingerprint density at radius 3 is 2.65 bits per heavy atom. The lowest BCUT2D eigenvalue weighted by molar-refractivity contribution is 0.0479. The fraction of sp³-hybridized carbons (Fsp3) is 0.562. The second-order valence-corrected chi connectivity index (χ2v) is 6.01. The molecule has 0 N–H and O–H groups in total. The molecule has 1 aliphatic heterocycles. The highest BCUT2D eigenvalue weighted by atomic mass is 19.2. The molecule has 1 atom stereocenters. The number of carbonyl (C=O) groups is 1. The Balaban J connectivity index is 1.71. The Kier molecular flexibility index (Phi) is 4.48. The molecule has 7 heteroatoms. The van der Waals surface area contributed by atoms with Crippen molar-refractivity contribution in [3.63, 3.8) is 0 Å². The standard InChI is InChI=1S/C16H18F3NO3/c1-22-15-13(18)11(6-12(17)14(15)19)16(21)20-5-4-10(7-20)23-8-9-2-3-9/h6,9-10H,2-5,7-8H2,1H3. The number of halogens is 3. The van der Waals surface area contributed by atoms with Crippen molar-refractivity contribution in [2.24, 2.45) is 5.92 Å². The monoisotopic (exact) mass is 329 g/mol. The summed E-state index contributed by atoms with van der Waals surface area (Å²) in [4.78, 5) is 13.8. The van der Waals surface area contributed by atoms with Crippen LogP contribution >= 0.6 is 0 Å². The first-order valence-corrected chi connectivity index (χ1v) is 7.63. The van der Waals surface area contributed by atoms with Crippen molar-refractivity contribution in [3.8, 4) is 5.75 Å². The summed E-state index contributed by atoms with van der Waals surface area (Å²) in [6.07, 6.45) is 2.92. The van der Waals surface area contributed by atoms with Gasteiger partial charge in [0.05, 0.1) is 18.8 Å². The van der Waals surface area contributed by atoms with Gasteiger partial charge in [-0.1, -0.05) is 0 Å². The molecule has 1 saturated carbocycles. The van der Waals surface area contributed by atoms with Crippen LogP contribution in [-0.4, -0.2) is 43.7 Å². The van der Waals surface area contributed by atoms with Gasteiger partial charge >= 0.3 is 0 Å². The number of methoxy groups -OCH3 is 1. The second-order valence-electron chi connectivity index (χ2n) is 6.01. The lowest BCUT2D eigenvalue weighted by Crippen LogP contribution is -2.31. The van der Waals surface area contributed by atoms with Gasteiger partial charge in [-0.3, -0.25) is 4.79 Å². The minimum Gasteiger partial charge on any atom is -0.491 e. The molecule has 0 spiro atoms. The average molecular weight is 329 g/mol. The molecule has 1 aromatic rings. The highest BCUT2D eigenvalue weighted by Crippen LogP contribution is 2.31. The molecule has 2 aliphatic rings. The molecule has 1 amide bonds. The fourth-order valence-electron chi connectivity index (χ4n) is 2.69. The third-order valence-corrected chi connectivity index (χ3v) is 4.25. The fourth-order valence-corrected chi connectivity index (χ4v) is 2.69. The molecule has 23 heavy (non-hydrogen) atoms. The normalized spacial score (nSPS) is 20.9. The number of nitrogens with zero attached hydrogens (tertiary/aromatic N) is 1. The van der Waals surface area contributed by atoms with Crippen LogP contribution in [0.5, 0.6) is 5.75 Å². The quantitative estimate of drug-likeness (QED) is 0.780. The minimum absolute atomic E-state index is 0.0881. The van der Waals surface area contributed by atoms with Gasteiger partial charge in [-0.2, -0.15) is 4.39 Å².